The Kier molecular flexibility index (Phi) is 7.26. The summed E-state index contributed by atoms with van der Waals surface area (Å²) < 4.78 is 5.16. The molecule has 0 spiro atoms. The van der Waals surface area contributed by atoms with Gasteiger partial charge in [-0.2, -0.15) is 0 Å². The predicted molar refractivity (Wildman–Crippen MR) is 223 cm³/mol. The highest BCUT2D eigenvalue weighted by atomic mass is 32.1. The molecule has 51 heavy (non-hydrogen) atoms. The molecule has 0 atom stereocenters. The molecule has 0 radical (unpaired) electrons. The molecular formula is C48H31NS2. The molecule has 0 unspecified atom stereocenters. The van der Waals surface area contributed by atoms with Crippen molar-refractivity contribution in [1.82, 2.24) is 0 Å². The van der Waals surface area contributed by atoms with Crippen LogP contribution in [0.15, 0.2) is 188 Å². The number of hydrogen-bond donors (Lipinski definition) is 0. The molecule has 0 fully saturated rings. The van der Waals surface area contributed by atoms with Crippen LogP contribution in [0.1, 0.15) is 0 Å². The van der Waals surface area contributed by atoms with Crippen molar-refractivity contribution in [2.24, 2.45) is 0 Å². The summed E-state index contributed by atoms with van der Waals surface area (Å²) in [5.41, 5.74) is 10.7. The zero-order chi connectivity index (χ0) is 33.7. The van der Waals surface area contributed by atoms with Gasteiger partial charge in [-0.3, -0.25) is 0 Å². The molecule has 10 rings (SSSR count). The van der Waals surface area contributed by atoms with Crippen molar-refractivity contribution < 1.29 is 0 Å². The molecule has 0 saturated carbocycles. The molecule has 0 amide bonds. The van der Waals surface area contributed by atoms with Crippen molar-refractivity contribution in [3.63, 3.8) is 0 Å². The van der Waals surface area contributed by atoms with E-state index >= 15 is 0 Å². The van der Waals surface area contributed by atoms with E-state index in [-0.39, 0.29) is 0 Å². The first-order valence-electron chi connectivity index (χ1n) is 17.3. The summed E-state index contributed by atoms with van der Waals surface area (Å²) in [6.07, 6.45) is 0. The van der Waals surface area contributed by atoms with Crippen LogP contribution in [-0.2, 0) is 0 Å². The maximum atomic E-state index is 2.53. The zero-order valence-electron chi connectivity index (χ0n) is 27.7. The third-order valence-electron chi connectivity index (χ3n) is 9.84. The van der Waals surface area contributed by atoms with Gasteiger partial charge < -0.3 is 4.90 Å². The predicted octanol–water partition coefficient (Wildman–Crippen LogP) is 14.9. The van der Waals surface area contributed by atoms with E-state index in [0.29, 0.717) is 0 Å². The van der Waals surface area contributed by atoms with Crippen LogP contribution in [-0.4, -0.2) is 0 Å². The lowest BCUT2D eigenvalue weighted by Crippen LogP contribution is -2.11. The van der Waals surface area contributed by atoms with Crippen LogP contribution in [0.5, 0.6) is 0 Å². The molecule has 0 aliphatic rings. The van der Waals surface area contributed by atoms with Crippen molar-refractivity contribution in [2.75, 3.05) is 4.90 Å². The Hall–Kier alpha value is -6.00. The standard InChI is InChI=1S/C48H31NS2/c1-4-15-32(16-5-1)35-29-36(33-17-6-2-7-18-33)31-37(30-35)49(41-23-14-26-45-47(41)40-22-11-12-24-43(40)50-45)42-28-27-38(34-19-8-3-9-20-34)46-39-21-10-13-25-44(39)51-48(42)46/h1-31H. The summed E-state index contributed by atoms with van der Waals surface area (Å²) in [7, 11) is 0. The Morgan fingerprint density at radius 3 is 1.51 bits per heavy atom. The van der Waals surface area contributed by atoms with Crippen LogP contribution in [0.25, 0.3) is 73.7 Å². The first-order valence-corrected chi connectivity index (χ1v) is 18.9. The van der Waals surface area contributed by atoms with E-state index in [1.165, 1.54) is 85.1 Å². The molecule has 3 heteroatoms. The molecule has 2 heterocycles. The quantitative estimate of drug-likeness (QED) is 0.168. The molecule has 8 aromatic carbocycles. The minimum atomic E-state index is 1.13. The van der Waals surface area contributed by atoms with Crippen LogP contribution in [0, 0.1) is 0 Å². The average molecular weight is 686 g/mol. The molecular weight excluding hydrogens is 655 g/mol. The van der Waals surface area contributed by atoms with Crippen molar-refractivity contribution >= 4 is 80.1 Å². The normalized spacial score (nSPS) is 11.5. The van der Waals surface area contributed by atoms with Gasteiger partial charge in [0, 0.05) is 41.3 Å². The summed E-state index contributed by atoms with van der Waals surface area (Å²) in [4.78, 5) is 2.53. The number of thiophene rings is 2. The Balaban J connectivity index is 1.34. The second kappa shape index (κ2) is 12.4. The molecule has 0 aliphatic heterocycles. The van der Waals surface area contributed by atoms with E-state index in [9.17, 15) is 0 Å². The fourth-order valence-electron chi connectivity index (χ4n) is 7.53. The summed E-state index contributed by atoms with van der Waals surface area (Å²) in [6, 6.07) is 68.6. The molecule has 0 N–H and O–H groups in total. The Bertz CT molecular complexity index is 2790. The summed E-state index contributed by atoms with van der Waals surface area (Å²) in [5, 5.41) is 5.16. The maximum Gasteiger partial charge on any atom is 0.0641 e. The van der Waals surface area contributed by atoms with Crippen LogP contribution < -0.4 is 4.90 Å². The monoisotopic (exact) mass is 685 g/mol. The fraction of sp³-hybridized carbons (Fsp3) is 0. The smallest absolute Gasteiger partial charge is 0.0641 e. The number of benzene rings is 8. The van der Waals surface area contributed by atoms with Crippen molar-refractivity contribution in [3.05, 3.63) is 188 Å². The van der Waals surface area contributed by atoms with Gasteiger partial charge >= 0.3 is 0 Å². The van der Waals surface area contributed by atoms with E-state index in [1.54, 1.807) is 0 Å². The van der Waals surface area contributed by atoms with Crippen molar-refractivity contribution in [2.45, 2.75) is 0 Å². The second-order valence-corrected chi connectivity index (χ2v) is 15.0. The van der Waals surface area contributed by atoms with Gasteiger partial charge in [-0.15, -0.1) is 22.7 Å². The lowest BCUT2D eigenvalue weighted by Gasteiger charge is -2.28. The van der Waals surface area contributed by atoms with Crippen LogP contribution in [0.4, 0.5) is 17.1 Å². The van der Waals surface area contributed by atoms with E-state index in [0.717, 1.165) is 5.69 Å². The lowest BCUT2D eigenvalue weighted by atomic mass is 9.96. The number of rotatable bonds is 6. The summed E-state index contributed by atoms with van der Waals surface area (Å²) in [5.74, 6) is 0. The van der Waals surface area contributed by atoms with Gasteiger partial charge in [0.05, 0.1) is 16.1 Å². The van der Waals surface area contributed by atoms with E-state index in [1.807, 2.05) is 22.7 Å². The molecule has 240 valence electrons. The largest absolute Gasteiger partial charge is 0.308 e. The van der Waals surface area contributed by atoms with Crippen LogP contribution >= 0.6 is 22.7 Å². The average Bonchev–Trinajstić information content (AvgIpc) is 3.79. The topological polar surface area (TPSA) is 3.24 Å². The Morgan fingerprint density at radius 1 is 0.333 bits per heavy atom. The first-order chi connectivity index (χ1) is 25.3. The Morgan fingerprint density at radius 2 is 0.863 bits per heavy atom. The third kappa shape index (κ3) is 5.13. The number of anilines is 3. The molecule has 0 saturated heterocycles. The van der Waals surface area contributed by atoms with Gasteiger partial charge in [-0.1, -0.05) is 140 Å². The Labute approximate surface area is 304 Å². The maximum absolute atomic E-state index is 2.53. The van der Waals surface area contributed by atoms with Crippen LogP contribution in [0.3, 0.4) is 0 Å². The van der Waals surface area contributed by atoms with Gasteiger partial charge in [0.1, 0.15) is 0 Å². The second-order valence-electron chi connectivity index (χ2n) is 12.9. The van der Waals surface area contributed by atoms with Crippen LogP contribution in [0.2, 0.25) is 0 Å². The summed E-state index contributed by atoms with van der Waals surface area (Å²) >= 11 is 3.75. The number of fused-ring (bicyclic) bond motifs is 6. The van der Waals surface area contributed by atoms with E-state index < -0.39 is 0 Å². The third-order valence-corrected chi connectivity index (χ3v) is 12.2. The molecule has 0 bridgehead atoms. The van der Waals surface area contributed by atoms with E-state index in [4.69, 9.17) is 0 Å². The first kappa shape index (κ1) is 29.9. The SMILES string of the molecule is c1ccc(-c2cc(-c3ccccc3)cc(N(c3ccc(-c4ccccc4)c4c3sc3ccccc34)c3cccc4sc5ccccc5c34)c2)cc1. The molecule has 10 aromatic rings. The lowest BCUT2D eigenvalue weighted by molar-refractivity contribution is 1.32. The van der Waals surface area contributed by atoms with E-state index in [2.05, 4.69) is 193 Å². The van der Waals surface area contributed by atoms with Gasteiger partial charge in [0.15, 0.2) is 0 Å². The van der Waals surface area contributed by atoms with Gasteiger partial charge in [-0.05, 0) is 81.9 Å². The molecule has 1 nitrogen and oxygen atoms in total. The van der Waals surface area contributed by atoms with Crippen molar-refractivity contribution in [3.8, 4) is 33.4 Å². The zero-order valence-corrected chi connectivity index (χ0v) is 29.3. The molecule has 2 aromatic heterocycles. The van der Waals surface area contributed by atoms with Gasteiger partial charge in [0.25, 0.3) is 0 Å². The van der Waals surface area contributed by atoms with Crippen molar-refractivity contribution in [1.29, 1.82) is 0 Å². The number of nitrogens with zero attached hydrogens (tertiary/aromatic N) is 1. The number of hydrogen-bond acceptors (Lipinski definition) is 3. The highest BCUT2D eigenvalue weighted by Crippen LogP contribution is 2.51. The van der Waals surface area contributed by atoms with Gasteiger partial charge in [0.2, 0.25) is 0 Å². The molecule has 0 aliphatic carbocycles. The minimum Gasteiger partial charge on any atom is -0.308 e. The highest BCUT2D eigenvalue weighted by molar-refractivity contribution is 7.26. The minimum absolute atomic E-state index is 1.13. The highest BCUT2D eigenvalue weighted by Gasteiger charge is 2.24. The summed E-state index contributed by atoms with van der Waals surface area (Å²) in [6.45, 7) is 0. The fourth-order valence-corrected chi connectivity index (χ4v) is 9.89. The van der Waals surface area contributed by atoms with Gasteiger partial charge in [-0.25, -0.2) is 0 Å².